The topological polar surface area (TPSA) is 62.5 Å². The van der Waals surface area contributed by atoms with Gasteiger partial charge in [-0.25, -0.2) is 0 Å². The number of carbonyl (C=O) groups excluding carboxylic acids is 1. The van der Waals surface area contributed by atoms with Crippen LogP contribution < -0.4 is 5.32 Å². The zero-order valence-corrected chi connectivity index (χ0v) is 18.0. The van der Waals surface area contributed by atoms with Crippen LogP contribution >= 0.6 is 0 Å². The molecule has 0 aliphatic rings. The van der Waals surface area contributed by atoms with Crippen molar-refractivity contribution in [2.45, 2.75) is 53.4 Å². The molecule has 0 atom stereocenters. The first-order valence-corrected chi connectivity index (χ1v) is 9.85. The first kappa shape index (κ1) is 20.7. The number of anilines is 1. The summed E-state index contributed by atoms with van der Waals surface area (Å²) in [6.45, 7) is 12.5. The van der Waals surface area contributed by atoms with E-state index < -0.39 is 0 Å². The van der Waals surface area contributed by atoms with Gasteiger partial charge in [-0.15, -0.1) is 0 Å². The monoisotopic (exact) mass is 391 g/mol. The van der Waals surface area contributed by atoms with Gasteiger partial charge < -0.3 is 14.8 Å². The first-order valence-electron chi connectivity index (χ1n) is 9.85. The van der Waals surface area contributed by atoms with E-state index in [1.54, 1.807) is 18.2 Å². The summed E-state index contributed by atoms with van der Waals surface area (Å²) in [5.41, 5.74) is 6.20. The molecule has 29 heavy (non-hydrogen) atoms. The number of carbonyl (C=O) groups is 1. The Kier molecular flexibility index (Phi) is 5.56. The molecule has 0 fully saturated rings. The van der Waals surface area contributed by atoms with Gasteiger partial charge in [0.05, 0.1) is 5.69 Å². The summed E-state index contributed by atoms with van der Waals surface area (Å²) < 4.78 is 5.81. The zero-order chi connectivity index (χ0) is 21.3. The van der Waals surface area contributed by atoms with E-state index in [4.69, 9.17) is 4.42 Å². The number of hydrogen-bond donors (Lipinski definition) is 2. The highest BCUT2D eigenvalue weighted by atomic mass is 16.3. The average Bonchev–Trinajstić information content (AvgIpc) is 3.08. The van der Waals surface area contributed by atoms with E-state index in [2.05, 4.69) is 59.0 Å². The highest BCUT2D eigenvalue weighted by Gasteiger charge is 2.18. The number of benzene rings is 2. The van der Waals surface area contributed by atoms with Crippen LogP contribution in [0.4, 0.5) is 5.69 Å². The highest BCUT2D eigenvalue weighted by molar-refractivity contribution is 6.03. The van der Waals surface area contributed by atoms with Crippen molar-refractivity contribution in [2.24, 2.45) is 0 Å². The van der Waals surface area contributed by atoms with Crippen LogP contribution in [0, 0.1) is 20.8 Å². The molecule has 0 spiro atoms. The predicted octanol–water partition coefficient (Wildman–Crippen LogP) is 6.05. The van der Waals surface area contributed by atoms with E-state index in [0.29, 0.717) is 12.1 Å². The smallest absolute Gasteiger partial charge is 0.291 e. The van der Waals surface area contributed by atoms with Crippen LogP contribution in [0.5, 0.6) is 5.75 Å². The number of rotatable bonds is 4. The van der Waals surface area contributed by atoms with Crippen LogP contribution in [0.15, 0.2) is 46.9 Å². The summed E-state index contributed by atoms with van der Waals surface area (Å²) in [7, 11) is 0. The summed E-state index contributed by atoms with van der Waals surface area (Å²) in [6, 6.07) is 13.1. The van der Waals surface area contributed by atoms with E-state index >= 15 is 0 Å². The van der Waals surface area contributed by atoms with Gasteiger partial charge in [-0.3, -0.25) is 4.79 Å². The van der Waals surface area contributed by atoms with E-state index in [9.17, 15) is 9.90 Å². The Bertz CT molecular complexity index is 1030. The number of amides is 1. The molecule has 4 nitrogen and oxygen atoms in total. The van der Waals surface area contributed by atoms with Crippen molar-refractivity contribution in [3.05, 3.63) is 81.8 Å². The van der Waals surface area contributed by atoms with Gasteiger partial charge in [0, 0.05) is 6.42 Å². The third-order valence-corrected chi connectivity index (χ3v) is 5.19. The van der Waals surface area contributed by atoms with Gasteiger partial charge in [0.2, 0.25) is 0 Å². The molecule has 2 N–H and O–H groups in total. The van der Waals surface area contributed by atoms with Crippen molar-refractivity contribution >= 4 is 11.6 Å². The lowest BCUT2D eigenvalue weighted by Gasteiger charge is -2.20. The standard InChI is InChI=1S/C25H29NO3/c1-15-11-16(2)20(17(3)12-15)14-19-8-10-23(29-19)24(28)26-21-13-18(25(4,5)6)7-9-22(21)27/h7-13,27H,14H2,1-6H3,(H,26,28). The van der Waals surface area contributed by atoms with Gasteiger partial charge in [-0.2, -0.15) is 0 Å². The van der Waals surface area contributed by atoms with Crippen LogP contribution in [0.3, 0.4) is 0 Å². The van der Waals surface area contributed by atoms with Crippen molar-refractivity contribution in [3.63, 3.8) is 0 Å². The summed E-state index contributed by atoms with van der Waals surface area (Å²) >= 11 is 0. The minimum Gasteiger partial charge on any atom is -0.506 e. The fourth-order valence-electron chi connectivity index (χ4n) is 3.54. The van der Waals surface area contributed by atoms with Gasteiger partial charge in [-0.05, 0) is 72.7 Å². The molecular formula is C25H29NO3. The van der Waals surface area contributed by atoms with Crippen molar-refractivity contribution in [1.29, 1.82) is 0 Å². The molecule has 1 heterocycles. The molecule has 152 valence electrons. The molecule has 0 bridgehead atoms. The molecule has 1 aromatic heterocycles. The Morgan fingerprint density at radius 3 is 2.28 bits per heavy atom. The minimum absolute atomic E-state index is 0.0315. The summed E-state index contributed by atoms with van der Waals surface area (Å²) in [4.78, 5) is 12.7. The molecule has 3 rings (SSSR count). The fraction of sp³-hybridized carbons (Fsp3) is 0.320. The third kappa shape index (κ3) is 4.70. The molecular weight excluding hydrogens is 362 g/mol. The van der Waals surface area contributed by atoms with Gasteiger partial charge in [0.25, 0.3) is 5.91 Å². The second-order valence-corrected chi connectivity index (χ2v) is 8.76. The Morgan fingerprint density at radius 1 is 1.00 bits per heavy atom. The van der Waals surface area contributed by atoms with E-state index in [0.717, 1.165) is 11.3 Å². The second kappa shape index (κ2) is 7.78. The summed E-state index contributed by atoms with van der Waals surface area (Å²) in [5, 5.41) is 12.9. The van der Waals surface area contributed by atoms with Crippen molar-refractivity contribution < 1.29 is 14.3 Å². The van der Waals surface area contributed by atoms with Gasteiger partial charge in [-0.1, -0.05) is 44.5 Å². The van der Waals surface area contributed by atoms with Gasteiger partial charge >= 0.3 is 0 Å². The molecule has 0 aliphatic heterocycles. The van der Waals surface area contributed by atoms with E-state index in [1.807, 2.05) is 12.1 Å². The maximum absolute atomic E-state index is 12.7. The quantitative estimate of drug-likeness (QED) is 0.532. The van der Waals surface area contributed by atoms with Gasteiger partial charge in [0.15, 0.2) is 5.76 Å². The van der Waals surface area contributed by atoms with E-state index in [-0.39, 0.29) is 22.8 Å². The molecule has 0 aliphatic carbocycles. The van der Waals surface area contributed by atoms with Crippen LogP contribution in [0.1, 0.15) is 64.9 Å². The average molecular weight is 392 g/mol. The molecule has 0 saturated heterocycles. The molecule has 0 radical (unpaired) electrons. The number of hydrogen-bond acceptors (Lipinski definition) is 3. The number of aryl methyl sites for hydroxylation is 3. The van der Waals surface area contributed by atoms with Crippen molar-refractivity contribution in [1.82, 2.24) is 0 Å². The Hall–Kier alpha value is -3.01. The molecule has 1 amide bonds. The molecule has 0 saturated carbocycles. The summed E-state index contributed by atoms with van der Waals surface area (Å²) in [5.74, 6) is 0.611. The number of nitrogens with one attached hydrogen (secondary N) is 1. The lowest BCUT2D eigenvalue weighted by atomic mass is 9.87. The van der Waals surface area contributed by atoms with Gasteiger partial charge in [0.1, 0.15) is 11.5 Å². The van der Waals surface area contributed by atoms with Crippen LogP contribution in [0.25, 0.3) is 0 Å². The van der Waals surface area contributed by atoms with E-state index in [1.165, 1.54) is 22.3 Å². The highest BCUT2D eigenvalue weighted by Crippen LogP contribution is 2.31. The van der Waals surface area contributed by atoms with Crippen LogP contribution in [-0.2, 0) is 11.8 Å². The Balaban J connectivity index is 1.79. The maximum Gasteiger partial charge on any atom is 0.291 e. The Morgan fingerprint density at radius 2 is 1.66 bits per heavy atom. The molecule has 3 aromatic rings. The lowest BCUT2D eigenvalue weighted by Crippen LogP contribution is -2.14. The second-order valence-electron chi connectivity index (χ2n) is 8.76. The zero-order valence-electron chi connectivity index (χ0n) is 18.0. The summed E-state index contributed by atoms with van der Waals surface area (Å²) in [6.07, 6.45) is 0.635. The number of phenolic OH excluding ortho intramolecular Hbond substituents is 1. The SMILES string of the molecule is Cc1cc(C)c(Cc2ccc(C(=O)Nc3cc(C(C)(C)C)ccc3O)o2)c(C)c1. The van der Waals surface area contributed by atoms with Crippen LogP contribution in [-0.4, -0.2) is 11.0 Å². The lowest BCUT2D eigenvalue weighted by molar-refractivity contribution is 0.0994. The third-order valence-electron chi connectivity index (χ3n) is 5.19. The largest absolute Gasteiger partial charge is 0.506 e. The van der Waals surface area contributed by atoms with Crippen molar-refractivity contribution in [3.8, 4) is 5.75 Å². The maximum atomic E-state index is 12.7. The molecule has 2 aromatic carbocycles. The first-order chi connectivity index (χ1) is 13.5. The minimum atomic E-state index is -0.380. The van der Waals surface area contributed by atoms with Crippen molar-refractivity contribution in [2.75, 3.05) is 5.32 Å². The number of furan rings is 1. The fourth-order valence-corrected chi connectivity index (χ4v) is 3.54. The Labute approximate surface area is 172 Å². The predicted molar refractivity (Wildman–Crippen MR) is 117 cm³/mol. The molecule has 0 unspecified atom stereocenters. The number of aromatic hydroxyl groups is 1. The number of phenols is 1. The van der Waals surface area contributed by atoms with Crippen LogP contribution in [0.2, 0.25) is 0 Å². The normalized spacial score (nSPS) is 11.5. The molecule has 4 heteroatoms.